The molecule has 3 heteroatoms. The van der Waals surface area contributed by atoms with Gasteiger partial charge >= 0.3 is 0 Å². The average Bonchev–Trinajstić information content (AvgIpc) is 2.19. The molecule has 1 aliphatic rings. The van der Waals surface area contributed by atoms with Crippen LogP contribution >= 0.6 is 0 Å². The Morgan fingerprint density at radius 1 is 1.36 bits per heavy atom. The van der Waals surface area contributed by atoms with E-state index in [0.29, 0.717) is 25.0 Å². The summed E-state index contributed by atoms with van der Waals surface area (Å²) >= 11 is 0. The summed E-state index contributed by atoms with van der Waals surface area (Å²) in [6, 6.07) is 0.358. The van der Waals surface area contributed by atoms with Gasteiger partial charge in [-0.2, -0.15) is 0 Å². The number of amides is 1. The minimum Gasteiger partial charge on any atom is -0.396 e. The predicted octanol–water partition coefficient (Wildman–Crippen LogP) is 1.45. The van der Waals surface area contributed by atoms with E-state index in [4.69, 9.17) is 5.11 Å². The average molecular weight is 199 g/mol. The molecule has 1 rings (SSSR count). The number of hydrogen-bond acceptors (Lipinski definition) is 2. The summed E-state index contributed by atoms with van der Waals surface area (Å²) in [5, 5.41) is 12.0. The van der Waals surface area contributed by atoms with E-state index in [2.05, 4.69) is 5.32 Å². The van der Waals surface area contributed by atoms with E-state index in [-0.39, 0.29) is 5.91 Å². The quantitative estimate of drug-likeness (QED) is 0.720. The lowest BCUT2D eigenvalue weighted by atomic mass is 9.86. The van der Waals surface area contributed by atoms with Gasteiger partial charge < -0.3 is 10.4 Å². The zero-order valence-electron chi connectivity index (χ0n) is 8.96. The maximum absolute atomic E-state index is 11.3. The van der Waals surface area contributed by atoms with E-state index >= 15 is 0 Å². The van der Waals surface area contributed by atoms with Crippen molar-refractivity contribution in [1.82, 2.24) is 5.32 Å². The molecule has 3 nitrogen and oxygen atoms in total. The number of hydrogen-bond donors (Lipinski definition) is 2. The van der Waals surface area contributed by atoms with Gasteiger partial charge in [-0.15, -0.1) is 0 Å². The first-order valence-electron chi connectivity index (χ1n) is 5.66. The highest BCUT2D eigenvalue weighted by Crippen LogP contribution is 2.23. The second kappa shape index (κ2) is 6.02. The van der Waals surface area contributed by atoms with Gasteiger partial charge in [-0.3, -0.25) is 4.79 Å². The van der Waals surface area contributed by atoms with Crippen molar-refractivity contribution in [3.05, 3.63) is 0 Å². The molecule has 0 aromatic heterocycles. The van der Waals surface area contributed by atoms with Crippen molar-refractivity contribution in [2.24, 2.45) is 5.92 Å². The van der Waals surface area contributed by atoms with Gasteiger partial charge in [-0.05, 0) is 38.0 Å². The molecule has 0 unspecified atom stereocenters. The summed E-state index contributed by atoms with van der Waals surface area (Å²) in [5.74, 6) is 0.647. The molecular weight excluding hydrogens is 178 g/mol. The third kappa shape index (κ3) is 3.66. The molecule has 1 saturated carbocycles. The maximum Gasteiger partial charge on any atom is 0.220 e. The summed E-state index contributed by atoms with van der Waals surface area (Å²) in [6.07, 6.45) is 5.71. The molecule has 0 aromatic rings. The smallest absolute Gasteiger partial charge is 0.220 e. The number of carbonyl (C=O) groups excluding carboxylic acids is 1. The summed E-state index contributed by atoms with van der Waals surface area (Å²) in [5.41, 5.74) is 0. The van der Waals surface area contributed by atoms with Crippen LogP contribution in [0.5, 0.6) is 0 Å². The fraction of sp³-hybridized carbons (Fsp3) is 0.909. The number of aliphatic hydroxyl groups excluding tert-OH is 1. The number of carbonyl (C=O) groups is 1. The lowest BCUT2D eigenvalue weighted by molar-refractivity contribution is -0.122. The van der Waals surface area contributed by atoms with Gasteiger partial charge in [0.1, 0.15) is 0 Å². The Morgan fingerprint density at radius 3 is 2.50 bits per heavy atom. The molecule has 2 N–H and O–H groups in total. The topological polar surface area (TPSA) is 49.3 Å². The van der Waals surface area contributed by atoms with E-state index in [9.17, 15) is 4.79 Å². The van der Waals surface area contributed by atoms with Crippen molar-refractivity contribution in [3.8, 4) is 0 Å². The summed E-state index contributed by atoms with van der Waals surface area (Å²) in [6.45, 7) is 2.32. The van der Waals surface area contributed by atoms with Crippen LogP contribution in [0, 0.1) is 5.92 Å². The van der Waals surface area contributed by atoms with Crippen molar-refractivity contribution in [3.63, 3.8) is 0 Å². The van der Waals surface area contributed by atoms with Gasteiger partial charge in [0, 0.05) is 19.1 Å². The second-order valence-corrected chi connectivity index (χ2v) is 4.22. The van der Waals surface area contributed by atoms with E-state index in [1.165, 1.54) is 0 Å². The van der Waals surface area contributed by atoms with Crippen LogP contribution in [0.1, 0.15) is 45.4 Å². The fourth-order valence-corrected chi connectivity index (χ4v) is 2.02. The highest BCUT2D eigenvalue weighted by molar-refractivity contribution is 5.76. The molecule has 1 amide bonds. The Morgan fingerprint density at radius 2 is 2.00 bits per heavy atom. The molecule has 1 fully saturated rings. The molecule has 0 saturated heterocycles. The van der Waals surface area contributed by atoms with Gasteiger partial charge in [-0.1, -0.05) is 6.92 Å². The maximum atomic E-state index is 11.3. The van der Waals surface area contributed by atoms with Crippen LogP contribution in [-0.4, -0.2) is 23.7 Å². The first kappa shape index (κ1) is 11.5. The van der Waals surface area contributed by atoms with Gasteiger partial charge in [0.25, 0.3) is 0 Å². The molecule has 0 aromatic carbocycles. The highest BCUT2D eigenvalue weighted by atomic mass is 16.3. The normalized spacial score (nSPS) is 27.3. The molecule has 0 spiro atoms. The third-order valence-corrected chi connectivity index (χ3v) is 2.95. The summed E-state index contributed by atoms with van der Waals surface area (Å²) < 4.78 is 0. The second-order valence-electron chi connectivity index (χ2n) is 4.22. The summed E-state index contributed by atoms with van der Waals surface area (Å²) in [4.78, 5) is 11.3. The Kier molecular flexibility index (Phi) is 4.94. The number of aliphatic hydroxyl groups is 1. The molecule has 1 aliphatic carbocycles. The Bertz CT molecular complexity index is 174. The molecule has 0 heterocycles. The van der Waals surface area contributed by atoms with Crippen LogP contribution < -0.4 is 5.32 Å². The van der Waals surface area contributed by atoms with Crippen molar-refractivity contribution in [2.45, 2.75) is 51.5 Å². The SMILES string of the molecule is CCCC(=O)NC1CCC(CO)CC1. The van der Waals surface area contributed by atoms with Gasteiger partial charge in [0.2, 0.25) is 5.91 Å². The van der Waals surface area contributed by atoms with Gasteiger partial charge in [-0.25, -0.2) is 0 Å². The van der Waals surface area contributed by atoms with Crippen LogP contribution in [0.2, 0.25) is 0 Å². The van der Waals surface area contributed by atoms with Crippen molar-refractivity contribution >= 4 is 5.91 Å². The Labute approximate surface area is 85.9 Å². The monoisotopic (exact) mass is 199 g/mol. The third-order valence-electron chi connectivity index (χ3n) is 2.95. The fourth-order valence-electron chi connectivity index (χ4n) is 2.02. The van der Waals surface area contributed by atoms with Crippen molar-refractivity contribution in [2.75, 3.05) is 6.61 Å². The lowest BCUT2D eigenvalue weighted by Crippen LogP contribution is -2.37. The standard InChI is InChI=1S/C11H21NO2/c1-2-3-11(14)12-10-6-4-9(8-13)5-7-10/h9-10,13H,2-8H2,1H3,(H,12,14). The van der Waals surface area contributed by atoms with E-state index in [0.717, 1.165) is 32.1 Å². The predicted molar refractivity (Wildman–Crippen MR) is 55.9 cm³/mol. The van der Waals surface area contributed by atoms with Crippen molar-refractivity contribution in [1.29, 1.82) is 0 Å². The van der Waals surface area contributed by atoms with E-state index < -0.39 is 0 Å². The van der Waals surface area contributed by atoms with Crippen LogP contribution in [0.3, 0.4) is 0 Å². The van der Waals surface area contributed by atoms with E-state index in [1.54, 1.807) is 0 Å². The Hall–Kier alpha value is -0.570. The first-order chi connectivity index (χ1) is 6.76. The highest BCUT2D eigenvalue weighted by Gasteiger charge is 2.21. The van der Waals surface area contributed by atoms with Crippen LogP contribution in [0.4, 0.5) is 0 Å². The molecule has 14 heavy (non-hydrogen) atoms. The summed E-state index contributed by atoms with van der Waals surface area (Å²) in [7, 11) is 0. The lowest BCUT2D eigenvalue weighted by Gasteiger charge is -2.27. The minimum absolute atomic E-state index is 0.181. The zero-order chi connectivity index (χ0) is 10.4. The first-order valence-corrected chi connectivity index (χ1v) is 5.66. The van der Waals surface area contributed by atoms with Crippen LogP contribution in [-0.2, 0) is 4.79 Å². The minimum atomic E-state index is 0.181. The Balaban J connectivity index is 2.18. The molecule has 82 valence electrons. The molecule has 0 aliphatic heterocycles. The molecular formula is C11H21NO2. The zero-order valence-corrected chi connectivity index (χ0v) is 8.96. The van der Waals surface area contributed by atoms with Crippen LogP contribution in [0.25, 0.3) is 0 Å². The van der Waals surface area contributed by atoms with Crippen LogP contribution in [0.15, 0.2) is 0 Å². The van der Waals surface area contributed by atoms with Gasteiger partial charge in [0.05, 0.1) is 0 Å². The molecule has 0 atom stereocenters. The molecule has 0 radical (unpaired) electrons. The number of nitrogens with one attached hydrogen (secondary N) is 1. The molecule has 0 bridgehead atoms. The number of rotatable bonds is 4. The van der Waals surface area contributed by atoms with Gasteiger partial charge in [0.15, 0.2) is 0 Å². The van der Waals surface area contributed by atoms with E-state index in [1.807, 2.05) is 6.92 Å². The van der Waals surface area contributed by atoms with Crippen molar-refractivity contribution < 1.29 is 9.90 Å². The largest absolute Gasteiger partial charge is 0.396 e.